The van der Waals surface area contributed by atoms with Crippen LogP contribution >= 0.6 is 0 Å². The SMILES string of the molecule is COC(CCC(NC(=O)[C@H](CO)NC(=O)[C@H](N)N(C)C(=O)OC(C)(C)C)[S@+]([O-])CN[C@@H]1CCCc2ccccc21)OC. The van der Waals surface area contributed by atoms with Crippen molar-refractivity contribution >= 4 is 29.1 Å². The van der Waals surface area contributed by atoms with E-state index in [0.29, 0.717) is 6.42 Å². The average Bonchev–Trinajstić information content (AvgIpc) is 2.96. The van der Waals surface area contributed by atoms with Crippen molar-refractivity contribution < 1.29 is 38.3 Å². The molecule has 1 aliphatic carbocycles. The molecule has 0 saturated carbocycles. The second-order valence-corrected chi connectivity index (χ2v) is 12.7. The molecule has 6 N–H and O–H groups in total. The van der Waals surface area contributed by atoms with E-state index in [2.05, 4.69) is 28.1 Å². The van der Waals surface area contributed by atoms with Gasteiger partial charge in [-0.1, -0.05) is 24.3 Å². The van der Waals surface area contributed by atoms with Crippen LogP contribution < -0.4 is 21.7 Å². The van der Waals surface area contributed by atoms with E-state index >= 15 is 0 Å². The Morgan fingerprint density at radius 3 is 2.43 bits per heavy atom. The molecule has 0 saturated heterocycles. The summed E-state index contributed by atoms with van der Waals surface area (Å²) in [6, 6.07) is 6.78. The number of nitrogens with two attached hydrogens (primary N) is 1. The normalized spacial score (nSPS) is 17.9. The first-order chi connectivity index (χ1) is 19.8. The minimum absolute atomic E-state index is 0.0360. The fourth-order valence-corrected chi connectivity index (χ4v) is 5.69. The molecule has 0 spiro atoms. The number of amides is 3. The number of aliphatic hydroxyl groups is 1. The number of fused-ring (bicyclic) bond motifs is 1. The Morgan fingerprint density at radius 2 is 1.81 bits per heavy atom. The van der Waals surface area contributed by atoms with Gasteiger partial charge in [0.2, 0.25) is 5.91 Å². The van der Waals surface area contributed by atoms with Gasteiger partial charge in [-0.25, -0.2) is 4.79 Å². The molecule has 238 valence electrons. The summed E-state index contributed by atoms with van der Waals surface area (Å²) in [4.78, 5) is 39.1. The van der Waals surface area contributed by atoms with Crippen LogP contribution in [0.1, 0.15) is 63.6 Å². The van der Waals surface area contributed by atoms with Crippen LogP contribution in [0.5, 0.6) is 0 Å². The molecular weight excluding hydrogens is 566 g/mol. The molecule has 1 aromatic rings. The summed E-state index contributed by atoms with van der Waals surface area (Å²) in [5, 5.41) is 17.5. The molecule has 1 aromatic carbocycles. The van der Waals surface area contributed by atoms with Crippen molar-refractivity contribution in [3.8, 4) is 0 Å². The summed E-state index contributed by atoms with van der Waals surface area (Å²) in [6.07, 6.45) is 0.581. The van der Waals surface area contributed by atoms with E-state index in [1.807, 2.05) is 12.1 Å². The summed E-state index contributed by atoms with van der Waals surface area (Å²) in [6.45, 7) is 4.25. The number of rotatable bonds is 15. The van der Waals surface area contributed by atoms with Crippen molar-refractivity contribution in [1.82, 2.24) is 20.9 Å². The second-order valence-electron chi connectivity index (χ2n) is 11.1. The number of nitrogens with zero attached hydrogens (tertiary/aromatic N) is 1. The van der Waals surface area contributed by atoms with E-state index in [1.165, 1.54) is 32.4 Å². The smallest absolute Gasteiger partial charge is 0.411 e. The second kappa shape index (κ2) is 17.0. The summed E-state index contributed by atoms with van der Waals surface area (Å²) >= 11 is -1.58. The van der Waals surface area contributed by atoms with Gasteiger partial charge in [0, 0.05) is 40.2 Å². The van der Waals surface area contributed by atoms with Gasteiger partial charge in [0.25, 0.3) is 5.91 Å². The van der Waals surface area contributed by atoms with Crippen LogP contribution in [0.3, 0.4) is 0 Å². The van der Waals surface area contributed by atoms with Crippen molar-refractivity contribution in [2.24, 2.45) is 5.73 Å². The third-order valence-corrected chi connectivity index (χ3v) is 8.27. The minimum atomic E-state index is -1.58. The zero-order valence-corrected chi connectivity index (χ0v) is 26.2. The maximum Gasteiger partial charge on any atom is 0.411 e. The van der Waals surface area contributed by atoms with E-state index in [4.69, 9.17) is 19.9 Å². The maximum atomic E-state index is 13.5. The van der Waals surface area contributed by atoms with Gasteiger partial charge < -0.3 is 40.2 Å². The van der Waals surface area contributed by atoms with Gasteiger partial charge in [0.1, 0.15) is 11.6 Å². The first kappa shape index (κ1) is 35.7. The molecule has 14 heteroatoms. The predicted molar refractivity (Wildman–Crippen MR) is 158 cm³/mol. The number of benzene rings is 1. The van der Waals surface area contributed by atoms with E-state index in [0.717, 1.165) is 24.2 Å². The van der Waals surface area contributed by atoms with Crippen LogP contribution in [-0.4, -0.2) is 95.7 Å². The maximum absolute atomic E-state index is 13.5. The standard InChI is InChI=1S/C28H47N5O8S/c1-28(2,3)41-27(37)33(4)24(29)26(36)31-21(16-34)25(35)32-22(14-15-23(39-5)40-6)42(38)17-30-20-13-9-11-18-10-7-8-12-19(18)20/h7-8,10,12,20-24,30,34H,9,11,13-17,29H2,1-6H3,(H,31,36)(H,32,35)/t20-,21+,22?,24-,42-/m1/s1. The summed E-state index contributed by atoms with van der Waals surface area (Å²) < 4.78 is 29.2. The Labute approximate surface area is 251 Å². The van der Waals surface area contributed by atoms with Gasteiger partial charge in [-0.15, -0.1) is 0 Å². The number of nitrogens with one attached hydrogen (secondary N) is 3. The average molecular weight is 614 g/mol. The molecule has 42 heavy (non-hydrogen) atoms. The Hall–Kier alpha value is -2.46. The molecule has 13 nitrogen and oxygen atoms in total. The van der Waals surface area contributed by atoms with Crippen molar-refractivity contribution in [3.63, 3.8) is 0 Å². The Bertz CT molecular complexity index is 1020. The number of likely N-dealkylation sites (N-methyl/N-ethyl adjacent to an activating group) is 1. The van der Waals surface area contributed by atoms with Crippen molar-refractivity contribution in [1.29, 1.82) is 0 Å². The van der Waals surface area contributed by atoms with E-state index in [1.54, 1.807) is 20.8 Å². The van der Waals surface area contributed by atoms with Gasteiger partial charge >= 0.3 is 6.09 Å². The fraction of sp³-hybridized carbons (Fsp3) is 0.679. The Morgan fingerprint density at radius 1 is 1.14 bits per heavy atom. The van der Waals surface area contributed by atoms with E-state index < -0.39 is 65.2 Å². The summed E-state index contributed by atoms with van der Waals surface area (Å²) in [7, 11) is 4.25. The molecule has 3 amide bonds. The first-order valence-electron chi connectivity index (χ1n) is 14.0. The number of carbonyl (C=O) groups excluding carboxylic acids is 3. The zero-order valence-electron chi connectivity index (χ0n) is 25.4. The van der Waals surface area contributed by atoms with Crippen LogP contribution in [0.4, 0.5) is 4.79 Å². The number of hydrogen-bond donors (Lipinski definition) is 5. The highest BCUT2D eigenvalue weighted by Gasteiger charge is 2.33. The third kappa shape index (κ3) is 11.0. The third-order valence-electron chi connectivity index (χ3n) is 6.84. The lowest BCUT2D eigenvalue weighted by Gasteiger charge is -2.30. The Kier molecular flexibility index (Phi) is 14.5. The largest absolute Gasteiger partial charge is 0.614 e. The van der Waals surface area contributed by atoms with E-state index in [-0.39, 0.29) is 18.3 Å². The first-order valence-corrected chi connectivity index (χ1v) is 15.4. The highest BCUT2D eigenvalue weighted by atomic mass is 32.2. The number of ether oxygens (including phenoxy) is 3. The lowest BCUT2D eigenvalue weighted by Crippen LogP contribution is -2.60. The quantitative estimate of drug-likeness (QED) is 0.140. The molecule has 0 fully saturated rings. The molecule has 0 aliphatic heterocycles. The molecule has 0 radical (unpaired) electrons. The van der Waals surface area contributed by atoms with Crippen LogP contribution in [0, 0.1) is 0 Å². The van der Waals surface area contributed by atoms with Crippen LogP contribution in [0.15, 0.2) is 24.3 Å². The Balaban J connectivity index is 2.07. The van der Waals surface area contributed by atoms with Gasteiger partial charge in [-0.3, -0.25) is 19.8 Å². The topological polar surface area (TPSA) is 188 Å². The van der Waals surface area contributed by atoms with Crippen molar-refractivity contribution in [2.45, 2.75) is 88.4 Å². The molecule has 1 unspecified atom stereocenters. The van der Waals surface area contributed by atoms with Crippen LogP contribution in [-0.2, 0) is 41.4 Å². The van der Waals surface area contributed by atoms with Gasteiger partial charge in [0.15, 0.2) is 23.7 Å². The molecular formula is C28H47N5O8S. The molecule has 2 rings (SSSR count). The van der Waals surface area contributed by atoms with Gasteiger partial charge in [-0.05, 0) is 62.3 Å². The fourth-order valence-electron chi connectivity index (χ4n) is 4.47. The number of carbonyl (C=O) groups is 3. The van der Waals surface area contributed by atoms with Crippen LogP contribution in [0.25, 0.3) is 0 Å². The lowest BCUT2D eigenvalue weighted by atomic mass is 9.88. The van der Waals surface area contributed by atoms with Crippen molar-refractivity contribution in [3.05, 3.63) is 35.4 Å². The molecule has 0 heterocycles. The highest BCUT2D eigenvalue weighted by molar-refractivity contribution is 7.91. The molecule has 5 atom stereocenters. The summed E-state index contributed by atoms with van der Waals surface area (Å²) in [5.41, 5.74) is 7.54. The number of aliphatic hydroxyl groups excluding tert-OH is 1. The molecule has 1 aliphatic rings. The lowest BCUT2D eigenvalue weighted by molar-refractivity contribution is -0.132. The van der Waals surface area contributed by atoms with Crippen molar-refractivity contribution in [2.75, 3.05) is 33.8 Å². The molecule has 0 bridgehead atoms. The minimum Gasteiger partial charge on any atom is -0.614 e. The highest BCUT2D eigenvalue weighted by Crippen LogP contribution is 2.29. The monoisotopic (exact) mass is 613 g/mol. The van der Waals surface area contributed by atoms with E-state index in [9.17, 15) is 24.0 Å². The number of aryl methyl sites for hydroxylation is 1. The molecule has 0 aromatic heterocycles. The predicted octanol–water partition coefficient (Wildman–Crippen LogP) is 0.830. The van der Waals surface area contributed by atoms with Gasteiger partial charge in [-0.2, -0.15) is 0 Å². The van der Waals surface area contributed by atoms with Crippen LogP contribution in [0.2, 0.25) is 0 Å². The number of hydrogen-bond acceptors (Lipinski definition) is 10. The number of methoxy groups -OCH3 is 2. The van der Waals surface area contributed by atoms with Gasteiger partial charge in [0.05, 0.1) is 6.61 Å². The zero-order chi connectivity index (χ0) is 31.4. The summed E-state index contributed by atoms with van der Waals surface area (Å²) in [5.74, 6) is -1.53.